The van der Waals surface area contributed by atoms with Crippen molar-refractivity contribution in [2.24, 2.45) is 0 Å². The molecule has 0 saturated heterocycles. The van der Waals surface area contributed by atoms with Gasteiger partial charge in [-0.05, 0) is 54.5 Å². The molecule has 0 saturated carbocycles. The maximum atomic E-state index is 12.7. The number of rotatable bonds is 7. The smallest absolute Gasteiger partial charge is 0.331 e. The van der Waals surface area contributed by atoms with Crippen molar-refractivity contribution < 1.29 is 18.8 Å². The Morgan fingerprint density at radius 1 is 1.24 bits per heavy atom. The maximum Gasteiger partial charge on any atom is 0.331 e. The average molecular weight is 472 g/mol. The number of hydrogen-bond acceptors (Lipinski definition) is 6. The summed E-state index contributed by atoms with van der Waals surface area (Å²) in [6, 6.07) is 8.93. The molecule has 3 N–H and O–H groups in total. The molecule has 4 rings (SSSR count). The predicted octanol–water partition coefficient (Wildman–Crippen LogP) is 3.31. The first kappa shape index (κ1) is 24.4. The predicted molar refractivity (Wildman–Crippen MR) is 127 cm³/mol. The van der Waals surface area contributed by atoms with E-state index in [0.717, 1.165) is 61.7 Å². The van der Waals surface area contributed by atoms with Crippen molar-refractivity contribution in [1.82, 2.24) is 19.5 Å². The van der Waals surface area contributed by atoms with Gasteiger partial charge in [0.25, 0.3) is 0 Å². The van der Waals surface area contributed by atoms with Gasteiger partial charge in [0.1, 0.15) is 0 Å². The molecule has 0 fully saturated rings. The molecule has 10 heteroatoms. The highest BCUT2D eigenvalue weighted by molar-refractivity contribution is 7.83. The maximum absolute atomic E-state index is 12.7. The first-order valence-corrected chi connectivity index (χ1v) is 11.9. The molecule has 2 aromatic heterocycles. The summed E-state index contributed by atoms with van der Waals surface area (Å²) < 4.78 is 22.0. The number of pyridine rings is 1. The van der Waals surface area contributed by atoms with Crippen LogP contribution in [0.15, 0.2) is 47.8 Å². The van der Waals surface area contributed by atoms with E-state index in [-0.39, 0.29) is 0 Å². The number of carbonyl (C=O) groups is 1. The van der Waals surface area contributed by atoms with Crippen molar-refractivity contribution in [1.29, 1.82) is 0 Å². The first-order valence-electron chi connectivity index (χ1n) is 10.7. The second-order valence-corrected chi connectivity index (χ2v) is 8.47. The van der Waals surface area contributed by atoms with Crippen molar-refractivity contribution in [3.63, 3.8) is 0 Å². The summed E-state index contributed by atoms with van der Waals surface area (Å²) in [6.07, 6.45) is 7.25. The number of urea groups is 1. The Morgan fingerprint density at radius 3 is 2.82 bits per heavy atom. The van der Waals surface area contributed by atoms with Crippen LogP contribution >= 0.6 is 0 Å². The summed E-state index contributed by atoms with van der Waals surface area (Å²) in [5, 5.41) is 14.5. The molecule has 0 bridgehead atoms. The number of nitrogens with one attached hydrogen (secondary N) is 2. The summed E-state index contributed by atoms with van der Waals surface area (Å²) >= 11 is 0. The third-order valence-electron chi connectivity index (χ3n) is 5.22. The number of aliphatic hydroxyl groups is 1. The lowest BCUT2D eigenvalue weighted by Gasteiger charge is -2.16. The first-order chi connectivity index (χ1) is 16.1. The number of nitrogens with zero attached hydrogens (tertiary/aromatic N) is 3. The van der Waals surface area contributed by atoms with E-state index in [1.165, 1.54) is 5.56 Å². The summed E-state index contributed by atoms with van der Waals surface area (Å²) in [6.45, 7) is 2.77. The van der Waals surface area contributed by atoms with Crippen molar-refractivity contribution in [2.45, 2.75) is 44.2 Å². The molecule has 1 aromatic carbocycles. The van der Waals surface area contributed by atoms with E-state index in [1.54, 1.807) is 30.3 Å². The second kappa shape index (κ2) is 11.6. The van der Waals surface area contributed by atoms with Crippen molar-refractivity contribution in [3.8, 4) is 17.0 Å². The minimum absolute atomic E-state index is 0.320. The lowest BCUT2D eigenvalue weighted by molar-refractivity contribution is 0.257. The van der Waals surface area contributed by atoms with E-state index in [4.69, 9.17) is 9.84 Å². The number of aromatic nitrogens is 3. The summed E-state index contributed by atoms with van der Waals surface area (Å²) in [5.74, 6) is 0.497. The van der Waals surface area contributed by atoms with Crippen LogP contribution in [-0.2, 0) is 30.4 Å². The van der Waals surface area contributed by atoms with E-state index in [9.17, 15) is 9.00 Å². The van der Waals surface area contributed by atoms with Gasteiger partial charge in [-0.15, -0.1) is 0 Å². The molecule has 33 heavy (non-hydrogen) atoms. The Balaban J connectivity index is 0.00000149. The van der Waals surface area contributed by atoms with Crippen LogP contribution < -0.4 is 14.8 Å². The third kappa shape index (κ3) is 5.77. The number of anilines is 1. The number of carbonyl (C=O) groups excluding carboxylic acids is 1. The van der Waals surface area contributed by atoms with Gasteiger partial charge in [0.15, 0.2) is 16.0 Å². The van der Waals surface area contributed by atoms with Crippen LogP contribution in [0, 0.1) is 0 Å². The van der Waals surface area contributed by atoms with Gasteiger partial charge in [0.2, 0.25) is 5.88 Å². The van der Waals surface area contributed by atoms with Crippen molar-refractivity contribution >= 4 is 22.7 Å². The van der Waals surface area contributed by atoms with Crippen molar-refractivity contribution in [2.75, 3.05) is 19.5 Å². The number of aliphatic hydroxyl groups excluding tert-OH is 1. The fourth-order valence-corrected chi connectivity index (χ4v) is 4.50. The summed E-state index contributed by atoms with van der Waals surface area (Å²) in [5.41, 5.74) is 4.82. The number of amides is 2. The quantitative estimate of drug-likeness (QED) is 0.487. The molecule has 0 aliphatic heterocycles. The van der Waals surface area contributed by atoms with Gasteiger partial charge in [0, 0.05) is 37.7 Å². The molecule has 176 valence electrons. The number of hydrogen-bond donors (Lipinski definition) is 3. The van der Waals surface area contributed by atoms with E-state index in [0.29, 0.717) is 10.9 Å². The highest BCUT2D eigenvalue weighted by atomic mass is 32.2. The molecule has 2 amide bonds. The minimum Gasteiger partial charge on any atom is -0.481 e. The summed E-state index contributed by atoms with van der Waals surface area (Å²) in [7, 11) is 0.820. The van der Waals surface area contributed by atoms with Crippen LogP contribution in [0.2, 0.25) is 0 Å². The van der Waals surface area contributed by atoms with Crippen LogP contribution in [0.25, 0.3) is 11.1 Å². The molecule has 1 atom stereocenters. The second-order valence-electron chi connectivity index (χ2n) is 7.31. The Labute approximate surface area is 195 Å². The van der Waals surface area contributed by atoms with E-state index < -0.39 is 17.0 Å². The number of methoxy groups -OCH3 is 1. The molecule has 1 aliphatic rings. The molecule has 1 unspecified atom stereocenters. The Morgan fingerprint density at radius 2 is 2.06 bits per heavy atom. The Bertz CT molecular complexity index is 1130. The number of fused-ring (bicyclic) bond motifs is 1. The fraction of sp³-hybridized carbons (Fsp3) is 0.348. The lowest BCUT2D eigenvalue weighted by Crippen LogP contribution is -2.31. The van der Waals surface area contributed by atoms with Gasteiger partial charge >= 0.3 is 6.03 Å². The molecule has 0 radical (unpaired) electrons. The molecule has 1 aliphatic carbocycles. The normalized spacial score (nSPS) is 12.8. The van der Waals surface area contributed by atoms with Crippen molar-refractivity contribution in [3.05, 3.63) is 53.9 Å². The zero-order valence-corrected chi connectivity index (χ0v) is 19.8. The Hall–Kier alpha value is -3.24. The molecule has 2 heterocycles. The van der Waals surface area contributed by atoms with Crippen LogP contribution in [0.3, 0.4) is 0 Å². The van der Waals surface area contributed by atoms with Gasteiger partial charge in [-0.2, -0.15) is 5.10 Å². The van der Waals surface area contributed by atoms with Gasteiger partial charge < -0.3 is 15.2 Å². The van der Waals surface area contributed by atoms with Crippen LogP contribution in [0.1, 0.15) is 30.9 Å². The topological polar surface area (TPSA) is 118 Å². The molecular formula is C23H29N5O4S. The van der Waals surface area contributed by atoms with Gasteiger partial charge in [-0.25, -0.2) is 14.0 Å². The summed E-state index contributed by atoms with van der Waals surface area (Å²) in [4.78, 5) is 16.9. The van der Waals surface area contributed by atoms with E-state index in [1.807, 2.05) is 25.1 Å². The molecule has 3 aromatic rings. The standard InChI is InChI=1S/C22H25N5O3S.CH4O/c1-3-12-27-13-10-20(25-27)31(29)26-22(28)24-21-17-6-4-5-15(17)7-8-18(21)16-9-11-23-19(14-16)30-2;1-2/h7-11,13-14H,3-6,12H2,1-2H3,(H2,24,26,28);2H,1H3. The molecular weight excluding hydrogens is 442 g/mol. The highest BCUT2D eigenvalue weighted by Gasteiger charge is 2.21. The zero-order chi connectivity index (χ0) is 23.8. The Kier molecular flexibility index (Phi) is 8.56. The molecule has 9 nitrogen and oxygen atoms in total. The lowest BCUT2D eigenvalue weighted by atomic mass is 9.98. The van der Waals surface area contributed by atoms with E-state index >= 15 is 0 Å². The molecule has 0 spiro atoms. The number of ether oxygens (including phenoxy) is 1. The SMILES string of the molecule is CCCn1ccc(S(=O)NC(=O)Nc2c(-c3ccnc(OC)c3)ccc3c2CCC3)n1.CO. The van der Waals surface area contributed by atoms with Crippen LogP contribution in [-0.4, -0.2) is 44.3 Å². The van der Waals surface area contributed by atoms with Crippen LogP contribution in [0.5, 0.6) is 5.88 Å². The van der Waals surface area contributed by atoms with Gasteiger partial charge in [0.05, 0.1) is 12.8 Å². The van der Waals surface area contributed by atoms with E-state index in [2.05, 4.69) is 26.2 Å². The highest BCUT2D eigenvalue weighted by Crippen LogP contribution is 2.38. The monoisotopic (exact) mass is 471 g/mol. The minimum atomic E-state index is -1.75. The van der Waals surface area contributed by atoms with Gasteiger partial charge in [-0.3, -0.25) is 9.40 Å². The number of benzene rings is 1. The number of aryl methyl sites for hydroxylation is 2. The fourth-order valence-electron chi connectivity index (χ4n) is 3.81. The third-order valence-corrected chi connectivity index (χ3v) is 6.19. The zero-order valence-electron chi connectivity index (χ0n) is 19.0. The van der Waals surface area contributed by atoms with Crippen LogP contribution in [0.4, 0.5) is 10.5 Å². The largest absolute Gasteiger partial charge is 0.481 e. The van der Waals surface area contributed by atoms with Gasteiger partial charge in [-0.1, -0.05) is 19.1 Å². The average Bonchev–Trinajstić information content (AvgIpc) is 3.51.